The molecule has 25 heavy (non-hydrogen) atoms. The van der Waals surface area contributed by atoms with Crippen molar-refractivity contribution in [2.45, 2.75) is 25.3 Å². The van der Waals surface area contributed by atoms with E-state index < -0.39 is 0 Å². The Balaban J connectivity index is 1.43. The summed E-state index contributed by atoms with van der Waals surface area (Å²) < 4.78 is 0. The zero-order valence-corrected chi connectivity index (χ0v) is 13.9. The van der Waals surface area contributed by atoms with Gasteiger partial charge in [0.05, 0.1) is 11.0 Å². The first kappa shape index (κ1) is 17.0. The summed E-state index contributed by atoms with van der Waals surface area (Å²) in [5.41, 5.74) is 9.55. The number of nitrogens with one attached hydrogen (secondary N) is 3. The average Bonchev–Trinajstić information content (AvgIpc) is 2.99. The molecule has 0 fully saturated rings. The SMILES string of the molecule is NC(CNC(=O)CCCc1ccc2[nH]c(=O)[nH]c2c1)c1ccccc1. The fourth-order valence-corrected chi connectivity index (χ4v) is 2.82. The summed E-state index contributed by atoms with van der Waals surface area (Å²) in [5, 5.41) is 2.88. The number of benzene rings is 2. The predicted molar refractivity (Wildman–Crippen MR) is 98.2 cm³/mol. The summed E-state index contributed by atoms with van der Waals surface area (Å²) in [6.07, 6.45) is 1.97. The maximum absolute atomic E-state index is 12.0. The molecule has 130 valence electrons. The zero-order valence-electron chi connectivity index (χ0n) is 13.9. The summed E-state index contributed by atoms with van der Waals surface area (Å²) >= 11 is 0. The molecule has 0 saturated carbocycles. The van der Waals surface area contributed by atoms with Gasteiger partial charge in [0.2, 0.25) is 5.91 Å². The van der Waals surface area contributed by atoms with Crippen molar-refractivity contribution in [3.63, 3.8) is 0 Å². The van der Waals surface area contributed by atoms with Gasteiger partial charge in [-0.3, -0.25) is 4.79 Å². The van der Waals surface area contributed by atoms with Crippen molar-refractivity contribution in [1.29, 1.82) is 0 Å². The lowest BCUT2D eigenvalue weighted by molar-refractivity contribution is -0.121. The largest absolute Gasteiger partial charge is 0.354 e. The minimum Gasteiger partial charge on any atom is -0.354 e. The Morgan fingerprint density at radius 2 is 1.84 bits per heavy atom. The molecule has 5 N–H and O–H groups in total. The molecule has 0 spiro atoms. The highest BCUT2D eigenvalue weighted by Crippen LogP contribution is 2.13. The number of fused-ring (bicyclic) bond motifs is 1. The molecule has 0 saturated heterocycles. The number of carbonyl (C=O) groups is 1. The van der Waals surface area contributed by atoms with Crippen LogP contribution in [0.4, 0.5) is 0 Å². The Labute approximate surface area is 145 Å². The van der Waals surface area contributed by atoms with Gasteiger partial charge in [-0.15, -0.1) is 0 Å². The highest BCUT2D eigenvalue weighted by atomic mass is 16.1. The van der Waals surface area contributed by atoms with Crippen LogP contribution in [0.2, 0.25) is 0 Å². The highest BCUT2D eigenvalue weighted by Gasteiger charge is 2.08. The van der Waals surface area contributed by atoms with Crippen LogP contribution >= 0.6 is 0 Å². The molecule has 6 nitrogen and oxygen atoms in total. The van der Waals surface area contributed by atoms with Gasteiger partial charge in [0.1, 0.15) is 0 Å². The van der Waals surface area contributed by atoms with Crippen molar-refractivity contribution in [2.75, 3.05) is 6.54 Å². The summed E-state index contributed by atoms with van der Waals surface area (Å²) in [6.45, 7) is 0.430. The zero-order chi connectivity index (χ0) is 17.6. The summed E-state index contributed by atoms with van der Waals surface area (Å²) in [4.78, 5) is 28.7. The van der Waals surface area contributed by atoms with Gasteiger partial charge in [-0.1, -0.05) is 36.4 Å². The molecular weight excluding hydrogens is 316 g/mol. The second kappa shape index (κ2) is 7.81. The minimum absolute atomic E-state index is 0.00232. The molecule has 0 aliphatic carbocycles. The van der Waals surface area contributed by atoms with E-state index in [0.29, 0.717) is 13.0 Å². The average molecular weight is 338 g/mol. The second-order valence-corrected chi connectivity index (χ2v) is 6.13. The van der Waals surface area contributed by atoms with Crippen LogP contribution in [-0.4, -0.2) is 22.4 Å². The van der Waals surface area contributed by atoms with E-state index in [1.54, 1.807) is 0 Å². The van der Waals surface area contributed by atoms with Crippen molar-refractivity contribution in [3.05, 3.63) is 70.1 Å². The van der Waals surface area contributed by atoms with E-state index in [0.717, 1.165) is 35.0 Å². The number of carbonyl (C=O) groups excluding carboxylic acids is 1. The Kier molecular flexibility index (Phi) is 5.30. The first-order chi connectivity index (χ1) is 12.1. The van der Waals surface area contributed by atoms with Crippen molar-refractivity contribution >= 4 is 16.9 Å². The van der Waals surface area contributed by atoms with Gasteiger partial charge in [0.25, 0.3) is 0 Å². The summed E-state index contributed by atoms with van der Waals surface area (Å²) in [5.74, 6) is 0.00232. The van der Waals surface area contributed by atoms with Crippen molar-refractivity contribution < 1.29 is 4.79 Å². The third-order valence-corrected chi connectivity index (χ3v) is 4.20. The molecule has 1 unspecified atom stereocenters. The highest BCUT2D eigenvalue weighted by molar-refractivity contribution is 5.76. The number of hydrogen-bond donors (Lipinski definition) is 4. The first-order valence-corrected chi connectivity index (χ1v) is 8.40. The number of hydrogen-bond acceptors (Lipinski definition) is 3. The smallest absolute Gasteiger partial charge is 0.323 e. The molecular formula is C19H22N4O2. The van der Waals surface area contributed by atoms with E-state index in [1.165, 1.54) is 0 Å². The van der Waals surface area contributed by atoms with Gasteiger partial charge in [0, 0.05) is 19.0 Å². The Hall–Kier alpha value is -2.86. The number of aryl methyl sites for hydroxylation is 1. The van der Waals surface area contributed by atoms with Gasteiger partial charge in [-0.2, -0.15) is 0 Å². The van der Waals surface area contributed by atoms with Crippen LogP contribution in [-0.2, 0) is 11.2 Å². The molecule has 3 rings (SSSR count). The monoisotopic (exact) mass is 338 g/mol. The third kappa shape index (κ3) is 4.58. The van der Waals surface area contributed by atoms with Crippen molar-refractivity contribution in [3.8, 4) is 0 Å². The fraction of sp³-hybridized carbons (Fsp3) is 0.263. The maximum atomic E-state index is 12.0. The van der Waals surface area contributed by atoms with Gasteiger partial charge in [0.15, 0.2) is 0 Å². The van der Waals surface area contributed by atoms with Gasteiger partial charge < -0.3 is 21.0 Å². The molecule has 1 amide bonds. The fourth-order valence-electron chi connectivity index (χ4n) is 2.82. The number of aromatic nitrogens is 2. The Bertz CT molecular complexity index is 898. The van der Waals surface area contributed by atoms with Crippen LogP contribution in [0, 0.1) is 0 Å². The van der Waals surface area contributed by atoms with Crippen LogP contribution in [0.15, 0.2) is 53.3 Å². The number of amides is 1. The number of nitrogens with two attached hydrogens (primary N) is 1. The molecule has 0 aliphatic heterocycles. The van der Waals surface area contributed by atoms with Crippen molar-refractivity contribution in [1.82, 2.24) is 15.3 Å². The number of rotatable bonds is 7. The van der Waals surface area contributed by atoms with Crippen LogP contribution in [0.5, 0.6) is 0 Å². The number of imidazole rings is 1. The molecule has 3 aromatic rings. The van der Waals surface area contributed by atoms with E-state index in [-0.39, 0.29) is 17.6 Å². The second-order valence-electron chi connectivity index (χ2n) is 6.13. The molecule has 2 aromatic carbocycles. The molecule has 0 aliphatic rings. The molecule has 1 aromatic heterocycles. The van der Waals surface area contributed by atoms with E-state index in [4.69, 9.17) is 5.73 Å². The van der Waals surface area contributed by atoms with Gasteiger partial charge >= 0.3 is 5.69 Å². The summed E-state index contributed by atoms with van der Waals surface area (Å²) in [6, 6.07) is 15.3. The van der Waals surface area contributed by atoms with Crippen LogP contribution in [0.3, 0.4) is 0 Å². The third-order valence-electron chi connectivity index (χ3n) is 4.20. The molecule has 1 atom stereocenters. The normalized spacial score (nSPS) is 12.2. The van der Waals surface area contributed by atoms with Crippen LogP contribution < -0.4 is 16.7 Å². The van der Waals surface area contributed by atoms with E-state index in [9.17, 15) is 9.59 Å². The topological polar surface area (TPSA) is 104 Å². The van der Waals surface area contributed by atoms with Crippen LogP contribution in [0.25, 0.3) is 11.0 Å². The number of aromatic amines is 2. The molecule has 0 bridgehead atoms. The lowest BCUT2D eigenvalue weighted by atomic mass is 10.1. The Morgan fingerprint density at radius 1 is 1.08 bits per heavy atom. The van der Waals surface area contributed by atoms with E-state index in [1.807, 2.05) is 48.5 Å². The van der Waals surface area contributed by atoms with Crippen LogP contribution in [0.1, 0.15) is 30.0 Å². The number of H-pyrrole nitrogens is 2. The van der Waals surface area contributed by atoms with Gasteiger partial charge in [-0.05, 0) is 36.1 Å². The van der Waals surface area contributed by atoms with Crippen molar-refractivity contribution in [2.24, 2.45) is 5.73 Å². The predicted octanol–water partition coefficient (Wildman–Crippen LogP) is 2.00. The van der Waals surface area contributed by atoms with E-state index in [2.05, 4.69) is 15.3 Å². The standard InChI is InChI=1S/C19H22N4O2/c20-15(14-6-2-1-3-7-14)12-21-18(24)8-4-5-13-9-10-16-17(11-13)23-19(25)22-16/h1-3,6-7,9-11,15H,4-5,8,12,20H2,(H,21,24)(H2,22,23,25). The summed E-state index contributed by atoms with van der Waals surface area (Å²) in [7, 11) is 0. The lowest BCUT2D eigenvalue weighted by Gasteiger charge is -2.13. The van der Waals surface area contributed by atoms with E-state index >= 15 is 0 Å². The molecule has 0 radical (unpaired) electrons. The minimum atomic E-state index is -0.207. The maximum Gasteiger partial charge on any atom is 0.323 e. The Morgan fingerprint density at radius 3 is 2.64 bits per heavy atom. The molecule has 1 heterocycles. The first-order valence-electron chi connectivity index (χ1n) is 8.40. The van der Waals surface area contributed by atoms with Gasteiger partial charge in [-0.25, -0.2) is 4.79 Å². The molecule has 6 heteroatoms. The quantitative estimate of drug-likeness (QED) is 0.529. The lowest BCUT2D eigenvalue weighted by Crippen LogP contribution is -2.31.